The lowest BCUT2D eigenvalue weighted by molar-refractivity contribution is 0.0423. The van der Waals surface area contributed by atoms with Gasteiger partial charge in [-0.15, -0.1) is 0 Å². The van der Waals surface area contributed by atoms with E-state index in [-0.39, 0.29) is 0 Å². The number of hydrogen-bond donors (Lipinski definition) is 3. The maximum absolute atomic E-state index is 10.8. The third-order valence-electron chi connectivity index (χ3n) is 3.15. The zero-order chi connectivity index (χ0) is 15.0. The summed E-state index contributed by atoms with van der Waals surface area (Å²) in [5.41, 5.74) is -0.0455. The smallest absolute Gasteiger partial charge is 0.191 e. The summed E-state index contributed by atoms with van der Waals surface area (Å²) in [5.74, 6) is 0.735. The molecular weight excluding hydrogens is 318 g/mol. The Morgan fingerprint density at radius 1 is 1.15 bits per heavy atom. The minimum absolute atomic E-state index is 0.334. The van der Waals surface area contributed by atoms with E-state index >= 15 is 0 Å². The zero-order valence-electron chi connectivity index (χ0n) is 12.4. The van der Waals surface area contributed by atoms with E-state index in [2.05, 4.69) is 31.6 Å². The Morgan fingerprint density at radius 2 is 1.70 bits per heavy atom. The van der Waals surface area contributed by atoms with Crippen molar-refractivity contribution < 1.29 is 5.11 Å². The van der Waals surface area contributed by atoms with Crippen molar-refractivity contribution in [2.24, 2.45) is 4.99 Å². The first-order valence-electron chi connectivity index (χ1n) is 7.06. The lowest BCUT2D eigenvalue weighted by Crippen LogP contribution is -2.39. The number of rotatable bonds is 6. The van der Waals surface area contributed by atoms with Crippen LogP contribution in [0, 0.1) is 0 Å². The Hall–Kier alpha value is -1.07. The molecule has 4 nitrogen and oxygen atoms in total. The fourth-order valence-corrected chi connectivity index (χ4v) is 2.15. The highest BCUT2D eigenvalue weighted by Crippen LogP contribution is 2.26. The average molecular weight is 342 g/mol. The fraction of sp³-hybridized carbons (Fsp3) is 0.533. The summed E-state index contributed by atoms with van der Waals surface area (Å²) in [7, 11) is 0. The molecule has 0 saturated carbocycles. The van der Waals surface area contributed by atoms with Crippen molar-refractivity contribution in [3.8, 4) is 0 Å². The van der Waals surface area contributed by atoms with Crippen LogP contribution >= 0.6 is 15.9 Å². The number of guanidine groups is 1. The standard InChI is InChI=1S/C15H24BrN3O/c1-4-15(20,12-7-9-13(16)10-8-12)11-19-14(17-5-2)18-6-3/h7-10,20H,4-6,11H2,1-3H3,(H2,17,18,19). The van der Waals surface area contributed by atoms with Gasteiger partial charge in [-0.3, -0.25) is 0 Å². The Morgan fingerprint density at radius 3 is 2.15 bits per heavy atom. The summed E-state index contributed by atoms with van der Waals surface area (Å²) in [5, 5.41) is 17.1. The first-order chi connectivity index (χ1) is 9.55. The van der Waals surface area contributed by atoms with Crippen molar-refractivity contribution in [3.63, 3.8) is 0 Å². The highest BCUT2D eigenvalue weighted by Gasteiger charge is 2.26. The van der Waals surface area contributed by atoms with Crippen molar-refractivity contribution in [1.82, 2.24) is 10.6 Å². The molecule has 0 aliphatic carbocycles. The molecule has 0 spiro atoms. The largest absolute Gasteiger partial charge is 0.383 e. The van der Waals surface area contributed by atoms with Crippen molar-refractivity contribution in [2.45, 2.75) is 32.8 Å². The van der Waals surface area contributed by atoms with Crippen LogP contribution in [0.1, 0.15) is 32.8 Å². The van der Waals surface area contributed by atoms with Gasteiger partial charge in [0.25, 0.3) is 0 Å². The number of halogens is 1. The topological polar surface area (TPSA) is 56.7 Å². The number of benzene rings is 1. The molecule has 5 heteroatoms. The number of nitrogens with one attached hydrogen (secondary N) is 2. The molecule has 1 rings (SSSR count). The maximum Gasteiger partial charge on any atom is 0.191 e. The van der Waals surface area contributed by atoms with E-state index in [0.717, 1.165) is 29.1 Å². The molecule has 0 radical (unpaired) electrons. The molecule has 0 fully saturated rings. The predicted molar refractivity (Wildman–Crippen MR) is 88.0 cm³/mol. The minimum Gasteiger partial charge on any atom is -0.383 e. The van der Waals surface area contributed by atoms with Crippen LogP contribution in [0.3, 0.4) is 0 Å². The molecule has 0 aliphatic heterocycles. The van der Waals surface area contributed by atoms with Gasteiger partial charge in [0, 0.05) is 17.6 Å². The Balaban J connectivity index is 2.88. The first-order valence-corrected chi connectivity index (χ1v) is 7.85. The molecular formula is C15H24BrN3O. The van der Waals surface area contributed by atoms with Crippen LogP contribution in [0.5, 0.6) is 0 Å². The van der Waals surface area contributed by atoms with Gasteiger partial charge < -0.3 is 15.7 Å². The lowest BCUT2D eigenvalue weighted by Gasteiger charge is -2.26. The Labute approximate surface area is 129 Å². The minimum atomic E-state index is -0.934. The van der Waals surface area contributed by atoms with Gasteiger partial charge >= 0.3 is 0 Å². The van der Waals surface area contributed by atoms with E-state index in [1.165, 1.54) is 0 Å². The van der Waals surface area contributed by atoms with Crippen LogP contribution in [0.4, 0.5) is 0 Å². The van der Waals surface area contributed by atoms with Gasteiger partial charge in [-0.2, -0.15) is 0 Å². The van der Waals surface area contributed by atoms with Gasteiger partial charge in [0.15, 0.2) is 5.96 Å². The second-order valence-corrected chi connectivity index (χ2v) is 5.53. The van der Waals surface area contributed by atoms with E-state index in [1.807, 2.05) is 45.0 Å². The monoisotopic (exact) mass is 341 g/mol. The summed E-state index contributed by atoms with van der Waals surface area (Å²) in [4.78, 5) is 4.48. The molecule has 1 unspecified atom stereocenters. The molecule has 0 heterocycles. The average Bonchev–Trinajstić information content (AvgIpc) is 2.45. The summed E-state index contributed by atoms with van der Waals surface area (Å²) >= 11 is 3.41. The SMILES string of the molecule is CCNC(=NCC(O)(CC)c1ccc(Br)cc1)NCC. The lowest BCUT2D eigenvalue weighted by atomic mass is 9.91. The first kappa shape index (κ1) is 17.0. The van der Waals surface area contributed by atoms with Crippen LogP contribution in [-0.2, 0) is 5.60 Å². The number of nitrogens with zero attached hydrogens (tertiary/aromatic N) is 1. The van der Waals surface area contributed by atoms with Gasteiger partial charge in [-0.1, -0.05) is 35.0 Å². The van der Waals surface area contributed by atoms with Crippen molar-refractivity contribution in [1.29, 1.82) is 0 Å². The molecule has 0 aromatic heterocycles. The highest BCUT2D eigenvalue weighted by atomic mass is 79.9. The third-order valence-corrected chi connectivity index (χ3v) is 3.68. The number of aliphatic hydroxyl groups is 1. The van der Waals surface area contributed by atoms with Gasteiger partial charge in [0.2, 0.25) is 0 Å². The second-order valence-electron chi connectivity index (χ2n) is 4.62. The molecule has 0 bridgehead atoms. The summed E-state index contributed by atoms with van der Waals surface area (Å²) in [6.07, 6.45) is 0.615. The fourth-order valence-electron chi connectivity index (χ4n) is 1.89. The van der Waals surface area contributed by atoms with E-state index in [0.29, 0.717) is 13.0 Å². The summed E-state index contributed by atoms with van der Waals surface area (Å²) in [6, 6.07) is 7.75. The highest BCUT2D eigenvalue weighted by molar-refractivity contribution is 9.10. The van der Waals surface area contributed by atoms with E-state index in [9.17, 15) is 5.11 Å². The molecule has 3 N–H and O–H groups in total. The zero-order valence-corrected chi connectivity index (χ0v) is 14.0. The molecule has 112 valence electrons. The maximum atomic E-state index is 10.8. The van der Waals surface area contributed by atoms with E-state index < -0.39 is 5.60 Å². The van der Waals surface area contributed by atoms with Crippen LogP contribution < -0.4 is 10.6 Å². The Bertz CT molecular complexity index is 425. The second kappa shape index (κ2) is 8.27. The van der Waals surface area contributed by atoms with Crippen molar-refractivity contribution in [2.75, 3.05) is 19.6 Å². The number of aliphatic imine (C=N–C) groups is 1. The van der Waals surface area contributed by atoms with E-state index in [4.69, 9.17) is 0 Å². The van der Waals surface area contributed by atoms with E-state index in [1.54, 1.807) is 0 Å². The summed E-state index contributed by atoms with van der Waals surface area (Å²) < 4.78 is 1.00. The number of hydrogen-bond acceptors (Lipinski definition) is 2. The van der Waals surface area contributed by atoms with Crippen LogP contribution in [0.25, 0.3) is 0 Å². The van der Waals surface area contributed by atoms with Gasteiger partial charge in [0.05, 0.1) is 6.54 Å². The molecule has 1 aromatic carbocycles. The van der Waals surface area contributed by atoms with Gasteiger partial charge in [-0.05, 0) is 38.0 Å². The third kappa shape index (κ3) is 4.80. The molecule has 0 saturated heterocycles. The van der Waals surface area contributed by atoms with Gasteiger partial charge in [0.1, 0.15) is 5.60 Å². The van der Waals surface area contributed by atoms with Crippen LogP contribution in [0.2, 0.25) is 0 Å². The van der Waals surface area contributed by atoms with Crippen molar-refractivity contribution >= 4 is 21.9 Å². The normalized spacial score (nSPS) is 13.4. The predicted octanol–water partition coefficient (Wildman–Crippen LogP) is 2.62. The van der Waals surface area contributed by atoms with Crippen LogP contribution in [0.15, 0.2) is 33.7 Å². The quantitative estimate of drug-likeness (QED) is 0.550. The Kier molecular flexibility index (Phi) is 7.02. The summed E-state index contributed by atoms with van der Waals surface area (Å²) in [6.45, 7) is 7.95. The van der Waals surface area contributed by atoms with Crippen LogP contribution in [-0.4, -0.2) is 30.7 Å². The van der Waals surface area contributed by atoms with Gasteiger partial charge in [-0.25, -0.2) is 4.99 Å². The molecule has 20 heavy (non-hydrogen) atoms. The molecule has 1 aromatic rings. The molecule has 0 aliphatic rings. The van der Waals surface area contributed by atoms with Crippen molar-refractivity contribution in [3.05, 3.63) is 34.3 Å². The molecule has 0 amide bonds. The molecule has 1 atom stereocenters.